The fraction of sp³-hybridized carbons (Fsp3) is 0.500. The van der Waals surface area contributed by atoms with Crippen LogP contribution in [0.1, 0.15) is 25.5 Å². The molecule has 1 atom stereocenters. The van der Waals surface area contributed by atoms with Crippen molar-refractivity contribution in [3.63, 3.8) is 0 Å². The topological polar surface area (TPSA) is 21.3 Å². The van der Waals surface area contributed by atoms with Crippen molar-refractivity contribution >= 4 is 0 Å². The minimum absolute atomic E-state index is 0.302. The SMILES string of the molecule is CC.CN[C@H](COC)c1ccccc1. The van der Waals surface area contributed by atoms with E-state index in [4.69, 9.17) is 4.74 Å². The maximum atomic E-state index is 5.09. The van der Waals surface area contributed by atoms with Crippen LogP contribution in [0.4, 0.5) is 0 Å². The third kappa shape index (κ3) is 4.40. The number of hydrogen-bond acceptors (Lipinski definition) is 2. The van der Waals surface area contributed by atoms with Gasteiger partial charge in [0, 0.05) is 7.11 Å². The van der Waals surface area contributed by atoms with Crippen LogP contribution in [0.3, 0.4) is 0 Å². The number of nitrogens with one attached hydrogen (secondary N) is 1. The maximum absolute atomic E-state index is 5.09. The quantitative estimate of drug-likeness (QED) is 0.797. The minimum atomic E-state index is 0.302. The standard InChI is InChI=1S/C10H15NO.C2H6/c1-11-10(8-12-2)9-6-4-3-5-7-9;1-2/h3-7,10-11H,8H2,1-2H3;1-2H3/t10-;/m1./s1. The summed E-state index contributed by atoms with van der Waals surface area (Å²) in [6, 6.07) is 10.6. The third-order valence-electron chi connectivity index (χ3n) is 1.88. The highest BCUT2D eigenvalue weighted by Crippen LogP contribution is 2.11. The van der Waals surface area contributed by atoms with Crippen molar-refractivity contribution in [2.24, 2.45) is 0 Å². The molecule has 0 unspecified atom stereocenters. The van der Waals surface area contributed by atoms with Gasteiger partial charge in [0.05, 0.1) is 12.6 Å². The van der Waals surface area contributed by atoms with E-state index in [1.54, 1.807) is 7.11 Å². The summed E-state index contributed by atoms with van der Waals surface area (Å²) in [7, 11) is 3.66. The molecule has 0 saturated heterocycles. The van der Waals surface area contributed by atoms with Gasteiger partial charge in [-0.25, -0.2) is 0 Å². The normalized spacial score (nSPS) is 11.4. The van der Waals surface area contributed by atoms with Crippen LogP contribution in [0.15, 0.2) is 30.3 Å². The van der Waals surface area contributed by atoms with Gasteiger partial charge in [0.15, 0.2) is 0 Å². The molecule has 0 saturated carbocycles. The summed E-state index contributed by atoms with van der Waals surface area (Å²) < 4.78 is 5.09. The Morgan fingerprint density at radius 2 is 1.79 bits per heavy atom. The Kier molecular flexibility index (Phi) is 8.19. The number of hydrogen-bond donors (Lipinski definition) is 1. The molecule has 0 heterocycles. The number of methoxy groups -OCH3 is 1. The van der Waals surface area contributed by atoms with Gasteiger partial charge in [-0.3, -0.25) is 0 Å². The molecular weight excluding hydrogens is 174 g/mol. The molecule has 1 rings (SSSR count). The van der Waals surface area contributed by atoms with Gasteiger partial charge in [-0.05, 0) is 12.6 Å². The average Bonchev–Trinajstić information content (AvgIpc) is 2.30. The van der Waals surface area contributed by atoms with E-state index in [0.717, 1.165) is 0 Å². The molecule has 0 aliphatic heterocycles. The van der Waals surface area contributed by atoms with Crippen molar-refractivity contribution in [1.29, 1.82) is 0 Å². The molecule has 0 amide bonds. The second kappa shape index (κ2) is 8.73. The maximum Gasteiger partial charge on any atom is 0.0657 e. The van der Waals surface area contributed by atoms with Crippen LogP contribution in [0.5, 0.6) is 0 Å². The molecule has 1 aromatic carbocycles. The van der Waals surface area contributed by atoms with Crippen LogP contribution >= 0.6 is 0 Å². The van der Waals surface area contributed by atoms with Gasteiger partial charge in [-0.1, -0.05) is 44.2 Å². The molecule has 1 aromatic rings. The predicted molar refractivity (Wildman–Crippen MR) is 61.5 cm³/mol. The first-order valence-corrected chi connectivity index (χ1v) is 5.09. The van der Waals surface area contributed by atoms with Crippen LogP contribution in [-0.2, 0) is 4.74 Å². The molecular formula is C12H21NO. The summed E-state index contributed by atoms with van der Waals surface area (Å²) >= 11 is 0. The smallest absolute Gasteiger partial charge is 0.0657 e. The second-order valence-electron chi connectivity index (χ2n) is 2.71. The Morgan fingerprint density at radius 3 is 2.21 bits per heavy atom. The molecule has 0 radical (unpaired) electrons. The van der Waals surface area contributed by atoms with E-state index in [2.05, 4.69) is 17.4 Å². The van der Waals surface area contributed by atoms with Crippen molar-refractivity contribution in [1.82, 2.24) is 5.32 Å². The van der Waals surface area contributed by atoms with Crippen LogP contribution in [-0.4, -0.2) is 20.8 Å². The summed E-state index contributed by atoms with van der Waals surface area (Å²) in [6.45, 7) is 4.71. The van der Waals surface area contributed by atoms with E-state index in [-0.39, 0.29) is 0 Å². The fourth-order valence-electron chi connectivity index (χ4n) is 1.20. The molecule has 2 heteroatoms. The lowest BCUT2D eigenvalue weighted by Crippen LogP contribution is -2.20. The first kappa shape index (κ1) is 13.1. The van der Waals surface area contributed by atoms with Gasteiger partial charge < -0.3 is 10.1 Å². The highest BCUT2D eigenvalue weighted by atomic mass is 16.5. The van der Waals surface area contributed by atoms with Gasteiger partial charge in [0.2, 0.25) is 0 Å². The van der Waals surface area contributed by atoms with Crippen LogP contribution in [0.25, 0.3) is 0 Å². The van der Waals surface area contributed by atoms with Crippen molar-refractivity contribution < 1.29 is 4.74 Å². The van der Waals surface area contributed by atoms with Crippen molar-refractivity contribution in [3.05, 3.63) is 35.9 Å². The van der Waals surface area contributed by atoms with E-state index in [9.17, 15) is 0 Å². The van der Waals surface area contributed by atoms with Gasteiger partial charge in [0.1, 0.15) is 0 Å². The fourth-order valence-corrected chi connectivity index (χ4v) is 1.20. The monoisotopic (exact) mass is 195 g/mol. The number of ether oxygens (including phenoxy) is 1. The first-order valence-electron chi connectivity index (χ1n) is 5.09. The lowest BCUT2D eigenvalue weighted by atomic mass is 10.1. The van der Waals surface area contributed by atoms with Gasteiger partial charge in [0.25, 0.3) is 0 Å². The average molecular weight is 195 g/mol. The number of benzene rings is 1. The predicted octanol–water partition coefficient (Wildman–Crippen LogP) is 2.62. The summed E-state index contributed by atoms with van der Waals surface area (Å²) in [5.74, 6) is 0. The largest absolute Gasteiger partial charge is 0.383 e. The Balaban J connectivity index is 0.000000791. The Morgan fingerprint density at radius 1 is 1.21 bits per heavy atom. The van der Waals surface area contributed by atoms with E-state index >= 15 is 0 Å². The minimum Gasteiger partial charge on any atom is -0.383 e. The lowest BCUT2D eigenvalue weighted by Gasteiger charge is -2.14. The summed E-state index contributed by atoms with van der Waals surface area (Å²) in [4.78, 5) is 0. The number of rotatable bonds is 4. The molecule has 0 aromatic heterocycles. The van der Waals surface area contributed by atoms with Crippen molar-refractivity contribution in [2.45, 2.75) is 19.9 Å². The van der Waals surface area contributed by atoms with Gasteiger partial charge >= 0.3 is 0 Å². The molecule has 0 aliphatic rings. The van der Waals surface area contributed by atoms with E-state index in [1.165, 1.54) is 5.56 Å². The van der Waals surface area contributed by atoms with E-state index in [0.29, 0.717) is 12.6 Å². The molecule has 1 N–H and O–H groups in total. The van der Waals surface area contributed by atoms with Gasteiger partial charge in [-0.2, -0.15) is 0 Å². The third-order valence-corrected chi connectivity index (χ3v) is 1.88. The van der Waals surface area contributed by atoms with E-state index in [1.807, 2.05) is 39.1 Å². The molecule has 0 bridgehead atoms. The Hall–Kier alpha value is -0.860. The first-order chi connectivity index (χ1) is 6.88. The molecule has 0 spiro atoms. The second-order valence-corrected chi connectivity index (χ2v) is 2.71. The van der Waals surface area contributed by atoms with E-state index < -0.39 is 0 Å². The zero-order valence-electron chi connectivity index (χ0n) is 9.58. The molecule has 80 valence electrons. The van der Waals surface area contributed by atoms with Gasteiger partial charge in [-0.15, -0.1) is 0 Å². The lowest BCUT2D eigenvalue weighted by molar-refractivity contribution is 0.170. The molecule has 0 aliphatic carbocycles. The van der Waals surface area contributed by atoms with Crippen LogP contribution in [0.2, 0.25) is 0 Å². The highest BCUT2D eigenvalue weighted by Gasteiger charge is 2.06. The Bertz CT molecular complexity index is 211. The Labute approximate surface area is 87.3 Å². The number of likely N-dealkylation sites (N-methyl/N-ethyl adjacent to an activating group) is 1. The van der Waals surface area contributed by atoms with Crippen LogP contribution < -0.4 is 5.32 Å². The summed E-state index contributed by atoms with van der Waals surface area (Å²) in [6.07, 6.45) is 0. The zero-order valence-corrected chi connectivity index (χ0v) is 9.58. The molecule has 0 fully saturated rings. The van der Waals surface area contributed by atoms with Crippen LogP contribution in [0, 0.1) is 0 Å². The zero-order chi connectivity index (χ0) is 10.8. The molecule has 14 heavy (non-hydrogen) atoms. The van der Waals surface area contributed by atoms with Crippen molar-refractivity contribution in [2.75, 3.05) is 20.8 Å². The van der Waals surface area contributed by atoms with Crippen molar-refractivity contribution in [3.8, 4) is 0 Å². The highest BCUT2D eigenvalue weighted by molar-refractivity contribution is 5.18. The summed E-state index contributed by atoms with van der Waals surface area (Å²) in [5.41, 5.74) is 1.27. The molecule has 2 nitrogen and oxygen atoms in total. The summed E-state index contributed by atoms with van der Waals surface area (Å²) in [5, 5.41) is 3.19.